The highest BCUT2D eigenvalue weighted by Gasteiger charge is 1.96. The van der Waals surface area contributed by atoms with Crippen LogP contribution in [0.1, 0.15) is 30.9 Å². The van der Waals surface area contributed by atoms with Crippen molar-refractivity contribution in [3.05, 3.63) is 41.5 Å². The Morgan fingerprint density at radius 2 is 1.85 bits per heavy atom. The molecule has 1 heteroatoms. The SMILES string of the molecule is CC(C)c1ccc(/C=C/CCl)cc1. The molecule has 0 radical (unpaired) electrons. The minimum atomic E-state index is 0.575. The predicted molar refractivity (Wildman–Crippen MR) is 60.3 cm³/mol. The maximum Gasteiger partial charge on any atom is 0.0407 e. The first kappa shape index (κ1) is 10.3. The van der Waals surface area contributed by atoms with Crippen LogP contribution in [0.4, 0.5) is 0 Å². The number of benzene rings is 1. The zero-order chi connectivity index (χ0) is 9.68. The van der Waals surface area contributed by atoms with Gasteiger partial charge < -0.3 is 0 Å². The Bertz CT molecular complexity index is 270. The average Bonchev–Trinajstić information content (AvgIpc) is 2.15. The highest BCUT2D eigenvalue weighted by Crippen LogP contribution is 2.15. The zero-order valence-electron chi connectivity index (χ0n) is 8.13. The molecule has 0 aliphatic heterocycles. The van der Waals surface area contributed by atoms with Gasteiger partial charge >= 0.3 is 0 Å². The molecule has 1 aromatic rings. The summed E-state index contributed by atoms with van der Waals surface area (Å²) in [6.45, 7) is 4.40. The molecule has 0 nitrogen and oxygen atoms in total. The van der Waals surface area contributed by atoms with E-state index in [2.05, 4.69) is 38.1 Å². The van der Waals surface area contributed by atoms with E-state index in [-0.39, 0.29) is 0 Å². The third-order valence-electron chi connectivity index (χ3n) is 2.00. The Morgan fingerprint density at radius 1 is 1.23 bits per heavy atom. The second-order valence-electron chi connectivity index (χ2n) is 3.38. The third-order valence-corrected chi connectivity index (χ3v) is 2.18. The standard InChI is InChI=1S/C12H15Cl/c1-10(2)12-7-5-11(6-8-12)4-3-9-13/h3-8,10H,9H2,1-2H3/b4-3+. The van der Waals surface area contributed by atoms with Gasteiger partial charge in [0.2, 0.25) is 0 Å². The molecule has 0 amide bonds. The van der Waals surface area contributed by atoms with Crippen molar-refractivity contribution in [1.82, 2.24) is 0 Å². The van der Waals surface area contributed by atoms with Gasteiger partial charge in [0.15, 0.2) is 0 Å². The van der Waals surface area contributed by atoms with Crippen molar-refractivity contribution >= 4 is 17.7 Å². The summed E-state index contributed by atoms with van der Waals surface area (Å²) in [4.78, 5) is 0. The van der Waals surface area contributed by atoms with E-state index in [0.29, 0.717) is 11.8 Å². The van der Waals surface area contributed by atoms with Crippen LogP contribution in [-0.2, 0) is 0 Å². The zero-order valence-corrected chi connectivity index (χ0v) is 8.88. The quantitative estimate of drug-likeness (QED) is 0.637. The first-order valence-corrected chi connectivity index (χ1v) is 5.10. The topological polar surface area (TPSA) is 0 Å². The molecule has 0 aromatic heterocycles. The number of hydrogen-bond donors (Lipinski definition) is 0. The second kappa shape index (κ2) is 5.08. The highest BCUT2D eigenvalue weighted by atomic mass is 35.5. The fourth-order valence-corrected chi connectivity index (χ4v) is 1.26. The Labute approximate surface area is 85.2 Å². The third kappa shape index (κ3) is 3.23. The molecule has 0 spiro atoms. The number of hydrogen-bond acceptors (Lipinski definition) is 0. The first-order valence-electron chi connectivity index (χ1n) is 4.56. The van der Waals surface area contributed by atoms with Gasteiger partial charge in [-0.2, -0.15) is 0 Å². The fraction of sp³-hybridized carbons (Fsp3) is 0.333. The van der Waals surface area contributed by atoms with Crippen LogP contribution < -0.4 is 0 Å². The van der Waals surface area contributed by atoms with Gasteiger partial charge in [0, 0.05) is 5.88 Å². The van der Waals surface area contributed by atoms with E-state index in [4.69, 9.17) is 11.6 Å². The molecule has 13 heavy (non-hydrogen) atoms. The Balaban J connectivity index is 2.75. The van der Waals surface area contributed by atoms with Gasteiger partial charge in [-0.15, -0.1) is 11.6 Å². The fourth-order valence-electron chi connectivity index (χ4n) is 1.17. The Kier molecular flexibility index (Phi) is 4.04. The molecule has 0 aliphatic carbocycles. The Morgan fingerprint density at radius 3 is 2.31 bits per heavy atom. The van der Waals surface area contributed by atoms with Crippen LogP contribution in [0.25, 0.3) is 6.08 Å². The minimum Gasteiger partial charge on any atom is -0.122 e. The number of halogens is 1. The lowest BCUT2D eigenvalue weighted by Gasteiger charge is -2.04. The van der Waals surface area contributed by atoms with Gasteiger partial charge in [-0.3, -0.25) is 0 Å². The monoisotopic (exact) mass is 194 g/mol. The molecule has 0 unspecified atom stereocenters. The lowest BCUT2D eigenvalue weighted by molar-refractivity contribution is 0.866. The molecule has 0 bridgehead atoms. The van der Waals surface area contributed by atoms with Crippen molar-refractivity contribution in [1.29, 1.82) is 0 Å². The van der Waals surface area contributed by atoms with Gasteiger partial charge in [0.25, 0.3) is 0 Å². The van der Waals surface area contributed by atoms with E-state index in [1.54, 1.807) is 0 Å². The van der Waals surface area contributed by atoms with Crippen LogP contribution in [0.15, 0.2) is 30.3 Å². The number of alkyl halides is 1. The largest absolute Gasteiger partial charge is 0.122 e. The van der Waals surface area contributed by atoms with Crippen molar-refractivity contribution in [3.8, 4) is 0 Å². The van der Waals surface area contributed by atoms with Crippen molar-refractivity contribution in [3.63, 3.8) is 0 Å². The molecule has 0 saturated heterocycles. The molecule has 0 atom stereocenters. The average molecular weight is 195 g/mol. The minimum absolute atomic E-state index is 0.575. The van der Waals surface area contributed by atoms with Gasteiger partial charge in [0.1, 0.15) is 0 Å². The normalized spacial score (nSPS) is 11.4. The highest BCUT2D eigenvalue weighted by molar-refractivity contribution is 6.19. The summed E-state index contributed by atoms with van der Waals surface area (Å²) in [5.41, 5.74) is 2.59. The van der Waals surface area contributed by atoms with Crippen LogP contribution in [-0.4, -0.2) is 5.88 Å². The van der Waals surface area contributed by atoms with E-state index in [0.717, 1.165) is 0 Å². The maximum atomic E-state index is 5.55. The smallest absolute Gasteiger partial charge is 0.0407 e. The molecule has 0 heterocycles. The molecule has 0 aliphatic rings. The predicted octanol–water partition coefficient (Wildman–Crippen LogP) is 4.06. The van der Waals surface area contributed by atoms with E-state index in [1.807, 2.05) is 12.2 Å². The van der Waals surface area contributed by atoms with Crippen LogP contribution in [0.3, 0.4) is 0 Å². The molecule has 0 N–H and O–H groups in total. The van der Waals surface area contributed by atoms with Crippen LogP contribution in [0.2, 0.25) is 0 Å². The number of allylic oxidation sites excluding steroid dienone is 1. The summed E-state index contributed by atoms with van der Waals surface area (Å²) in [5, 5.41) is 0. The summed E-state index contributed by atoms with van der Waals surface area (Å²) in [6.07, 6.45) is 3.99. The molecule has 0 fully saturated rings. The molecule has 0 saturated carbocycles. The summed E-state index contributed by atoms with van der Waals surface area (Å²) < 4.78 is 0. The van der Waals surface area contributed by atoms with Crippen molar-refractivity contribution in [2.75, 3.05) is 5.88 Å². The molecule has 70 valence electrons. The lowest BCUT2D eigenvalue weighted by atomic mass is 10.0. The first-order chi connectivity index (χ1) is 6.24. The second-order valence-corrected chi connectivity index (χ2v) is 3.69. The molecule has 1 aromatic carbocycles. The van der Waals surface area contributed by atoms with Gasteiger partial charge in [-0.25, -0.2) is 0 Å². The van der Waals surface area contributed by atoms with Gasteiger partial charge in [-0.05, 0) is 17.0 Å². The lowest BCUT2D eigenvalue weighted by Crippen LogP contribution is -1.85. The summed E-state index contributed by atoms with van der Waals surface area (Å²) >= 11 is 5.55. The summed E-state index contributed by atoms with van der Waals surface area (Å²) in [7, 11) is 0. The van der Waals surface area contributed by atoms with Crippen molar-refractivity contribution < 1.29 is 0 Å². The van der Waals surface area contributed by atoms with Crippen molar-refractivity contribution in [2.24, 2.45) is 0 Å². The van der Waals surface area contributed by atoms with Gasteiger partial charge in [-0.1, -0.05) is 50.3 Å². The van der Waals surface area contributed by atoms with E-state index in [9.17, 15) is 0 Å². The van der Waals surface area contributed by atoms with Crippen LogP contribution in [0, 0.1) is 0 Å². The molecular formula is C12H15Cl. The van der Waals surface area contributed by atoms with Crippen LogP contribution in [0.5, 0.6) is 0 Å². The van der Waals surface area contributed by atoms with Crippen molar-refractivity contribution in [2.45, 2.75) is 19.8 Å². The summed E-state index contributed by atoms with van der Waals surface area (Å²) in [5.74, 6) is 1.18. The molecule has 1 rings (SSSR count). The van der Waals surface area contributed by atoms with Crippen LogP contribution >= 0.6 is 11.6 Å². The Hall–Kier alpha value is -0.750. The molecular weight excluding hydrogens is 180 g/mol. The van der Waals surface area contributed by atoms with Gasteiger partial charge in [0.05, 0.1) is 0 Å². The maximum absolute atomic E-state index is 5.55. The van der Waals surface area contributed by atoms with E-state index < -0.39 is 0 Å². The summed E-state index contributed by atoms with van der Waals surface area (Å²) in [6, 6.07) is 8.58. The van der Waals surface area contributed by atoms with E-state index >= 15 is 0 Å². The van der Waals surface area contributed by atoms with E-state index in [1.165, 1.54) is 11.1 Å². The number of rotatable bonds is 3.